The fourth-order valence-corrected chi connectivity index (χ4v) is 3.88. The number of carbonyl (C=O) groups excluding carboxylic acids is 1. The molecule has 1 aromatic rings. The molecule has 5 nitrogen and oxygen atoms in total. The van der Waals surface area contributed by atoms with Gasteiger partial charge in [-0.3, -0.25) is 9.69 Å². The first-order valence-electron chi connectivity index (χ1n) is 9.46. The van der Waals surface area contributed by atoms with Gasteiger partial charge in [-0.15, -0.1) is 0 Å². The van der Waals surface area contributed by atoms with E-state index in [0.29, 0.717) is 18.2 Å². The molecule has 2 fully saturated rings. The quantitative estimate of drug-likeness (QED) is 0.830. The van der Waals surface area contributed by atoms with Crippen LogP contribution >= 0.6 is 0 Å². The van der Waals surface area contributed by atoms with E-state index in [-0.39, 0.29) is 24.2 Å². The summed E-state index contributed by atoms with van der Waals surface area (Å²) in [5.41, 5.74) is 1.77. The van der Waals surface area contributed by atoms with E-state index in [1.165, 1.54) is 0 Å². The molecule has 0 spiro atoms. The largest absolute Gasteiger partial charge is 0.392 e. The van der Waals surface area contributed by atoms with Gasteiger partial charge in [0.25, 0.3) is 5.91 Å². The Hall–Kier alpha value is -1.43. The molecule has 3 rings (SSSR count). The molecule has 1 saturated heterocycles. The van der Waals surface area contributed by atoms with Crippen LogP contribution in [0.15, 0.2) is 24.3 Å². The molecule has 0 aromatic heterocycles. The summed E-state index contributed by atoms with van der Waals surface area (Å²) in [6, 6.07) is 8.21. The average molecular weight is 346 g/mol. The maximum Gasteiger partial charge on any atom is 0.251 e. The summed E-state index contributed by atoms with van der Waals surface area (Å²) in [6.07, 6.45) is 4.08. The molecule has 25 heavy (non-hydrogen) atoms. The molecule has 5 heteroatoms. The van der Waals surface area contributed by atoms with Crippen molar-refractivity contribution >= 4 is 5.91 Å². The number of aliphatic hydroxyl groups is 1. The van der Waals surface area contributed by atoms with E-state index in [1.807, 2.05) is 38.1 Å². The van der Waals surface area contributed by atoms with E-state index in [9.17, 15) is 9.90 Å². The van der Waals surface area contributed by atoms with Gasteiger partial charge < -0.3 is 15.2 Å². The van der Waals surface area contributed by atoms with Crippen LogP contribution in [0.2, 0.25) is 0 Å². The second-order valence-electron chi connectivity index (χ2n) is 7.57. The summed E-state index contributed by atoms with van der Waals surface area (Å²) in [4.78, 5) is 14.9. The van der Waals surface area contributed by atoms with Crippen molar-refractivity contribution in [3.63, 3.8) is 0 Å². The molecular weight excluding hydrogens is 316 g/mol. The number of hydrogen-bond acceptors (Lipinski definition) is 4. The third-order valence-corrected chi connectivity index (χ3v) is 5.26. The molecule has 1 saturated carbocycles. The molecule has 1 amide bonds. The van der Waals surface area contributed by atoms with Crippen LogP contribution in [0, 0.1) is 0 Å². The van der Waals surface area contributed by atoms with Crippen molar-refractivity contribution in [1.82, 2.24) is 10.2 Å². The van der Waals surface area contributed by atoms with Crippen molar-refractivity contribution < 1.29 is 14.6 Å². The summed E-state index contributed by atoms with van der Waals surface area (Å²) < 4.78 is 5.59. The molecular formula is C20H30N2O3. The summed E-state index contributed by atoms with van der Waals surface area (Å²) in [7, 11) is 0. The van der Waals surface area contributed by atoms with Gasteiger partial charge in [-0.05, 0) is 57.2 Å². The van der Waals surface area contributed by atoms with Crippen molar-refractivity contribution in [2.45, 2.75) is 70.4 Å². The second-order valence-corrected chi connectivity index (χ2v) is 7.57. The molecule has 2 aliphatic rings. The highest BCUT2D eigenvalue weighted by Crippen LogP contribution is 2.27. The van der Waals surface area contributed by atoms with Gasteiger partial charge >= 0.3 is 0 Å². The number of nitrogens with one attached hydrogen (secondary N) is 1. The van der Waals surface area contributed by atoms with Crippen molar-refractivity contribution in [2.75, 3.05) is 13.1 Å². The zero-order chi connectivity index (χ0) is 17.8. The summed E-state index contributed by atoms with van der Waals surface area (Å²) in [6.45, 7) is 6.27. The van der Waals surface area contributed by atoms with Crippen LogP contribution in [0.25, 0.3) is 0 Å². The summed E-state index contributed by atoms with van der Waals surface area (Å²) in [5.74, 6) is -0.00651. The Morgan fingerprint density at radius 2 is 2.04 bits per heavy atom. The molecule has 0 radical (unpaired) electrons. The smallest absolute Gasteiger partial charge is 0.251 e. The molecule has 1 unspecified atom stereocenters. The van der Waals surface area contributed by atoms with Crippen LogP contribution in [0.1, 0.15) is 55.5 Å². The fraction of sp³-hybridized carbons (Fsp3) is 0.650. The van der Waals surface area contributed by atoms with Crippen molar-refractivity contribution in [3.8, 4) is 0 Å². The summed E-state index contributed by atoms with van der Waals surface area (Å²) in [5, 5.41) is 13.0. The summed E-state index contributed by atoms with van der Waals surface area (Å²) >= 11 is 0. The van der Waals surface area contributed by atoms with Crippen molar-refractivity contribution in [2.24, 2.45) is 0 Å². The fourth-order valence-electron chi connectivity index (χ4n) is 3.88. The van der Waals surface area contributed by atoms with Crippen LogP contribution in [-0.4, -0.2) is 53.3 Å². The number of carbonyl (C=O) groups is 1. The minimum Gasteiger partial charge on any atom is -0.392 e. The van der Waals surface area contributed by atoms with Crippen molar-refractivity contribution in [1.29, 1.82) is 0 Å². The highest BCUT2D eigenvalue weighted by Gasteiger charge is 2.36. The van der Waals surface area contributed by atoms with Crippen LogP contribution < -0.4 is 5.32 Å². The number of benzene rings is 1. The van der Waals surface area contributed by atoms with Gasteiger partial charge in [0.2, 0.25) is 0 Å². The Morgan fingerprint density at radius 3 is 2.68 bits per heavy atom. The first-order valence-corrected chi connectivity index (χ1v) is 9.46. The Labute approximate surface area is 150 Å². The van der Waals surface area contributed by atoms with Gasteiger partial charge in [-0.1, -0.05) is 12.1 Å². The Bertz CT molecular complexity index is 573. The van der Waals surface area contributed by atoms with E-state index in [0.717, 1.165) is 44.3 Å². The van der Waals surface area contributed by atoms with Crippen molar-refractivity contribution in [3.05, 3.63) is 35.4 Å². The number of amides is 1. The van der Waals surface area contributed by atoms with E-state index < -0.39 is 0 Å². The van der Waals surface area contributed by atoms with Crippen LogP contribution in [0.3, 0.4) is 0 Å². The van der Waals surface area contributed by atoms with Crippen LogP contribution in [-0.2, 0) is 11.3 Å². The minimum absolute atomic E-state index is 0.00651. The van der Waals surface area contributed by atoms with Gasteiger partial charge in [-0.25, -0.2) is 0 Å². The van der Waals surface area contributed by atoms with Gasteiger partial charge in [0, 0.05) is 30.7 Å². The molecule has 0 bridgehead atoms. The van der Waals surface area contributed by atoms with Crippen LogP contribution in [0.4, 0.5) is 0 Å². The lowest BCUT2D eigenvalue weighted by atomic mass is 10.1. The first kappa shape index (κ1) is 18.4. The van der Waals surface area contributed by atoms with E-state index >= 15 is 0 Å². The lowest BCUT2D eigenvalue weighted by Crippen LogP contribution is -2.48. The zero-order valence-corrected chi connectivity index (χ0v) is 15.3. The molecule has 1 aliphatic carbocycles. The van der Waals surface area contributed by atoms with Crippen LogP contribution in [0.5, 0.6) is 0 Å². The number of likely N-dealkylation sites (tertiary alicyclic amines) is 1. The maximum atomic E-state index is 12.6. The molecule has 138 valence electrons. The molecule has 1 aliphatic heterocycles. The number of ether oxygens (including phenoxy) is 1. The maximum absolute atomic E-state index is 12.6. The average Bonchev–Trinajstić information content (AvgIpc) is 3.22. The third kappa shape index (κ3) is 4.81. The molecule has 3 atom stereocenters. The number of hydrogen-bond donors (Lipinski definition) is 2. The molecule has 1 aromatic carbocycles. The predicted molar refractivity (Wildman–Crippen MR) is 97.5 cm³/mol. The monoisotopic (exact) mass is 346 g/mol. The van der Waals surface area contributed by atoms with E-state index in [4.69, 9.17) is 4.74 Å². The predicted octanol–water partition coefficient (Wildman–Crippen LogP) is 2.33. The highest BCUT2D eigenvalue weighted by atomic mass is 16.5. The lowest BCUT2D eigenvalue weighted by molar-refractivity contribution is 0.0656. The Kier molecular flexibility index (Phi) is 6.10. The Balaban J connectivity index is 1.56. The van der Waals surface area contributed by atoms with Gasteiger partial charge in [0.1, 0.15) is 0 Å². The SMILES string of the molecule is CC(C)OCc1ccc(C(=O)N[C@@H]2CCC[C@@H]2N2CCC(O)C2)cc1. The van der Waals surface area contributed by atoms with E-state index in [1.54, 1.807) is 0 Å². The number of aliphatic hydroxyl groups excluding tert-OH is 1. The van der Waals surface area contributed by atoms with Gasteiger partial charge in [0.05, 0.1) is 18.8 Å². The first-order chi connectivity index (χ1) is 12.0. The normalized spacial score (nSPS) is 27.1. The Morgan fingerprint density at radius 1 is 1.28 bits per heavy atom. The number of β-amino-alcohol motifs (C(OH)–C–C–N with tert-alkyl or cyclic N) is 1. The molecule has 1 heterocycles. The minimum atomic E-state index is -0.211. The van der Waals surface area contributed by atoms with Gasteiger partial charge in [0.15, 0.2) is 0 Å². The molecule has 2 N–H and O–H groups in total. The zero-order valence-electron chi connectivity index (χ0n) is 15.3. The second kappa shape index (κ2) is 8.30. The van der Waals surface area contributed by atoms with E-state index in [2.05, 4.69) is 10.2 Å². The number of rotatable bonds is 6. The standard InChI is InChI=1S/C20H30N2O3/c1-14(2)25-13-15-6-8-16(9-7-15)20(24)21-18-4-3-5-19(18)22-11-10-17(23)12-22/h6-9,14,17-19,23H,3-5,10-13H2,1-2H3,(H,21,24)/t17?,18-,19+/m1/s1. The number of nitrogens with zero attached hydrogens (tertiary/aromatic N) is 1. The lowest BCUT2D eigenvalue weighted by Gasteiger charge is -2.29. The third-order valence-electron chi connectivity index (χ3n) is 5.26. The highest BCUT2D eigenvalue weighted by molar-refractivity contribution is 5.94. The van der Waals surface area contributed by atoms with Gasteiger partial charge in [-0.2, -0.15) is 0 Å². The topological polar surface area (TPSA) is 61.8 Å².